The molecule has 3 heterocycles. The lowest BCUT2D eigenvalue weighted by Gasteiger charge is -2.39. The molecule has 8 heteroatoms. The summed E-state index contributed by atoms with van der Waals surface area (Å²) >= 11 is 4.74. The van der Waals surface area contributed by atoms with Crippen LogP contribution in [-0.4, -0.2) is 33.0 Å². The number of benzene rings is 1. The van der Waals surface area contributed by atoms with Crippen molar-refractivity contribution in [3.05, 3.63) is 52.2 Å². The van der Waals surface area contributed by atoms with E-state index in [-0.39, 0.29) is 5.91 Å². The first-order valence-electron chi connectivity index (χ1n) is 7.97. The van der Waals surface area contributed by atoms with Crippen LogP contribution in [0.2, 0.25) is 0 Å². The average Bonchev–Trinajstić information content (AvgIpc) is 3.10. The fourth-order valence-corrected chi connectivity index (χ4v) is 3.94. The molecule has 26 heavy (non-hydrogen) atoms. The van der Waals surface area contributed by atoms with Crippen LogP contribution in [0, 0.1) is 0 Å². The number of thiazole rings is 1. The van der Waals surface area contributed by atoms with Crippen LogP contribution in [0.15, 0.2) is 47.3 Å². The van der Waals surface area contributed by atoms with E-state index < -0.39 is 5.60 Å². The maximum Gasteiger partial charge on any atom is 0.270 e. The Balaban J connectivity index is 1.70. The minimum Gasteiger partial charge on any atom is -0.484 e. The van der Waals surface area contributed by atoms with Crippen molar-refractivity contribution in [1.29, 1.82) is 0 Å². The van der Waals surface area contributed by atoms with Gasteiger partial charge in [0.1, 0.15) is 16.2 Å². The molecule has 0 spiro atoms. The zero-order chi connectivity index (χ0) is 18.3. The highest BCUT2D eigenvalue weighted by Gasteiger charge is 2.36. The Bertz CT molecular complexity index is 974. The average molecular weight is 431 g/mol. The first kappa shape index (κ1) is 17.1. The minimum atomic E-state index is -0.487. The Labute approximate surface area is 163 Å². The molecule has 0 radical (unpaired) electrons. The van der Waals surface area contributed by atoms with Crippen LogP contribution in [0.3, 0.4) is 0 Å². The number of hydrogen-bond donors (Lipinski definition) is 0. The topological polar surface area (TPSA) is 68.2 Å². The lowest BCUT2D eigenvalue weighted by atomic mass is 10.0. The van der Waals surface area contributed by atoms with Crippen molar-refractivity contribution in [3.8, 4) is 16.6 Å². The number of fused-ring (bicyclic) bond motifs is 1. The Morgan fingerprint density at radius 3 is 2.81 bits per heavy atom. The number of hydrogen-bond acceptors (Lipinski definition) is 6. The number of halogens is 1. The number of aromatic nitrogens is 3. The largest absolute Gasteiger partial charge is 0.484 e. The Morgan fingerprint density at radius 2 is 2.04 bits per heavy atom. The molecule has 132 valence electrons. The van der Waals surface area contributed by atoms with Crippen molar-refractivity contribution < 1.29 is 9.53 Å². The molecule has 2 aromatic heterocycles. The van der Waals surface area contributed by atoms with Crippen molar-refractivity contribution in [3.63, 3.8) is 0 Å². The van der Waals surface area contributed by atoms with Gasteiger partial charge in [0.25, 0.3) is 5.91 Å². The van der Waals surface area contributed by atoms with Gasteiger partial charge >= 0.3 is 0 Å². The highest BCUT2D eigenvalue weighted by molar-refractivity contribution is 9.10. The van der Waals surface area contributed by atoms with E-state index in [1.165, 1.54) is 11.3 Å². The van der Waals surface area contributed by atoms with E-state index in [4.69, 9.17) is 4.74 Å². The number of ether oxygens (including phenoxy) is 1. The molecular weight excluding hydrogens is 416 g/mol. The Morgan fingerprint density at radius 1 is 1.27 bits per heavy atom. The highest BCUT2D eigenvalue weighted by Crippen LogP contribution is 2.40. The molecular formula is C18H15BrN4O2S. The summed E-state index contributed by atoms with van der Waals surface area (Å²) in [7, 11) is 0. The third-order valence-corrected chi connectivity index (χ3v) is 5.33. The molecule has 1 aliphatic rings. The van der Waals surface area contributed by atoms with E-state index >= 15 is 0 Å². The summed E-state index contributed by atoms with van der Waals surface area (Å²) in [4.78, 5) is 28.1. The Hall–Kier alpha value is -2.32. The smallest absolute Gasteiger partial charge is 0.270 e. The van der Waals surface area contributed by atoms with Crippen LogP contribution in [0.5, 0.6) is 5.75 Å². The lowest BCUT2D eigenvalue weighted by Crippen LogP contribution is -2.49. The molecule has 0 aliphatic carbocycles. The third kappa shape index (κ3) is 3.22. The Kier molecular flexibility index (Phi) is 4.24. The van der Waals surface area contributed by atoms with Crippen LogP contribution in [0.4, 0.5) is 5.69 Å². The van der Waals surface area contributed by atoms with Gasteiger partial charge in [-0.3, -0.25) is 4.79 Å². The van der Waals surface area contributed by atoms with Gasteiger partial charge in [-0.15, -0.1) is 11.3 Å². The van der Waals surface area contributed by atoms with E-state index in [1.807, 2.05) is 32.0 Å². The summed E-state index contributed by atoms with van der Waals surface area (Å²) < 4.78 is 6.94. The maximum atomic E-state index is 13.2. The summed E-state index contributed by atoms with van der Waals surface area (Å²) in [5.41, 5.74) is 0.267. The van der Waals surface area contributed by atoms with Crippen LogP contribution in [0.25, 0.3) is 10.8 Å². The van der Waals surface area contributed by atoms with Gasteiger partial charge in [-0.2, -0.15) is 0 Å². The number of carbonyl (C=O) groups excluding carboxylic acids is 1. The lowest BCUT2D eigenvalue weighted by molar-refractivity contribution is 0.0839. The predicted octanol–water partition coefficient (Wildman–Crippen LogP) is 4.18. The van der Waals surface area contributed by atoms with Crippen LogP contribution < -0.4 is 9.64 Å². The molecule has 0 N–H and O–H groups in total. The van der Waals surface area contributed by atoms with E-state index in [0.29, 0.717) is 28.0 Å². The second kappa shape index (κ2) is 6.44. The van der Waals surface area contributed by atoms with E-state index in [0.717, 1.165) is 10.2 Å². The molecule has 1 aromatic carbocycles. The number of rotatable bonds is 2. The number of anilines is 1. The number of nitrogens with zero attached hydrogens (tertiary/aromatic N) is 4. The summed E-state index contributed by atoms with van der Waals surface area (Å²) in [6.07, 6.45) is 4.90. The van der Waals surface area contributed by atoms with Crippen LogP contribution in [0.1, 0.15) is 23.5 Å². The molecule has 0 bridgehead atoms. The molecule has 0 saturated carbocycles. The molecule has 0 atom stereocenters. The molecule has 1 amide bonds. The van der Waals surface area contributed by atoms with E-state index in [2.05, 4.69) is 30.9 Å². The number of amides is 1. The molecule has 0 fully saturated rings. The van der Waals surface area contributed by atoms with Crippen molar-refractivity contribution in [2.75, 3.05) is 11.4 Å². The van der Waals surface area contributed by atoms with Crippen molar-refractivity contribution in [1.82, 2.24) is 15.0 Å². The second-order valence-corrected chi connectivity index (χ2v) is 8.41. The second-order valence-electron chi connectivity index (χ2n) is 6.47. The standard InChI is InChI=1S/C18H15BrN4O2S/c1-18(2)10-23(12-5-4-11(19)8-13(12)25-18)17(24)14-9-22-16(26-14)15-20-6-3-7-21-15/h3-9H,10H2,1-2H3. The zero-order valence-corrected chi connectivity index (χ0v) is 16.5. The van der Waals surface area contributed by atoms with Gasteiger partial charge in [0, 0.05) is 16.9 Å². The molecule has 0 unspecified atom stereocenters. The van der Waals surface area contributed by atoms with Gasteiger partial charge in [-0.25, -0.2) is 15.0 Å². The predicted molar refractivity (Wildman–Crippen MR) is 104 cm³/mol. The molecule has 1 aliphatic heterocycles. The highest BCUT2D eigenvalue weighted by atomic mass is 79.9. The zero-order valence-electron chi connectivity index (χ0n) is 14.1. The monoisotopic (exact) mass is 430 g/mol. The SMILES string of the molecule is CC1(C)CN(C(=O)c2cnc(-c3ncccn3)s2)c2ccc(Br)cc2O1. The summed E-state index contributed by atoms with van der Waals surface area (Å²) in [5.74, 6) is 1.09. The van der Waals surface area contributed by atoms with Gasteiger partial charge in [-0.05, 0) is 38.1 Å². The fourth-order valence-electron chi connectivity index (χ4n) is 2.79. The first-order chi connectivity index (χ1) is 12.4. The van der Waals surface area contributed by atoms with Gasteiger partial charge in [0.05, 0.1) is 18.4 Å². The third-order valence-electron chi connectivity index (χ3n) is 3.86. The maximum absolute atomic E-state index is 13.2. The van der Waals surface area contributed by atoms with Gasteiger partial charge in [-0.1, -0.05) is 15.9 Å². The number of carbonyl (C=O) groups is 1. The van der Waals surface area contributed by atoms with Crippen LogP contribution in [-0.2, 0) is 0 Å². The van der Waals surface area contributed by atoms with Crippen molar-refractivity contribution in [2.45, 2.75) is 19.4 Å². The van der Waals surface area contributed by atoms with Gasteiger partial charge < -0.3 is 9.64 Å². The minimum absolute atomic E-state index is 0.107. The van der Waals surface area contributed by atoms with E-state index in [1.54, 1.807) is 29.6 Å². The van der Waals surface area contributed by atoms with Crippen molar-refractivity contribution >= 4 is 38.9 Å². The summed E-state index contributed by atoms with van der Waals surface area (Å²) in [6, 6.07) is 7.41. The molecule has 6 nitrogen and oxygen atoms in total. The van der Waals surface area contributed by atoms with E-state index in [9.17, 15) is 4.79 Å². The van der Waals surface area contributed by atoms with Gasteiger partial charge in [0.15, 0.2) is 10.8 Å². The van der Waals surface area contributed by atoms with Gasteiger partial charge in [0.2, 0.25) is 0 Å². The summed E-state index contributed by atoms with van der Waals surface area (Å²) in [6.45, 7) is 4.38. The van der Waals surface area contributed by atoms with Crippen molar-refractivity contribution in [2.24, 2.45) is 0 Å². The quantitative estimate of drug-likeness (QED) is 0.609. The first-order valence-corrected chi connectivity index (χ1v) is 9.57. The normalized spacial score (nSPS) is 15.3. The fraction of sp³-hybridized carbons (Fsp3) is 0.222. The molecule has 4 rings (SSSR count). The molecule has 3 aromatic rings. The molecule has 0 saturated heterocycles. The van der Waals surface area contributed by atoms with Crippen LogP contribution >= 0.6 is 27.3 Å². The summed E-state index contributed by atoms with van der Waals surface area (Å²) in [5, 5.41) is 0.623.